The summed E-state index contributed by atoms with van der Waals surface area (Å²) >= 11 is 0. The summed E-state index contributed by atoms with van der Waals surface area (Å²) in [6.45, 7) is -0.258. The fourth-order valence-electron chi connectivity index (χ4n) is 1.63. The molecule has 1 heterocycles. The Hall–Kier alpha value is -1.64. The quantitative estimate of drug-likeness (QED) is 0.666. The highest BCUT2D eigenvalue weighted by atomic mass is 32.2. The lowest BCUT2D eigenvalue weighted by molar-refractivity contribution is 0.0960. The molecule has 1 aromatic carbocycles. The third kappa shape index (κ3) is 1.52. The fraction of sp³-hybridized carbons (Fsp3) is 0.182. The molecule has 0 spiro atoms. The second kappa shape index (κ2) is 3.74. The Morgan fingerprint density at radius 2 is 2.06 bits per heavy atom. The van der Waals surface area contributed by atoms with Gasteiger partial charge in [0.2, 0.25) is 10.0 Å². The largest absolute Gasteiger partial charge is 0.293 e. The molecule has 0 aliphatic carbocycles. The molecule has 82 valence electrons. The first-order valence-electron chi connectivity index (χ1n) is 4.63. The van der Waals surface area contributed by atoms with Crippen LogP contribution in [-0.4, -0.2) is 31.6 Å². The van der Waals surface area contributed by atoms with Crippen molar-refractivity contribution >= 4 is 15.8 Å². The van der Waals surface area contributed by atoms with Gasteiger partial charge in [-0.3, -0.25) is 4.79 Å². The average Bonchev–Trinajstić information content (AvgIpc) is 2.27. The van der Waals surface area contributed by atoms with Crippen LogP contribution in [0.5, 0.6) is 0 Å². The number of sulfonamides is 1. The molecule has 0 radical (unpaired) electrons. The normalized spacial score (nSPS) is 18.8. The van der Waals surface area contributed by atoms with E-state index in [4.69, 9.17) is 6.42 Å². The zero-order valence-corrected chi connectivity index (χ0v) is 9.20. The summed E-state index contributed by atoms with van der Waals surface area (Å²) in [6.07, 6.45) is 5.08. The maximum Gasteiger partial charge on any atom is 0.245 e. The summed E-state index contributed by atoms with van der Waals surface area (Å²) in [7, 11) is -3.61. The summed E-state index contributed by atoms with van der Waals surface area (Å²) in [5.41, 5.74) is 0.246. The van der Waals surface area contributed by atoms with Crippen LogP contribution in [0, 0.1) is 12.3 Å². The number of rotatable bonds is 1. The second-order valence-electron chi connectivity index (χ2n) is 3.40. The zero-order chi connectivity index (χ0) is 11.8. The van der Waals surface area contributed by atoms with Gasteiger partial charge in [-0.05, 0) is 12.1 Å². The molecule has 0 unspecified atom stereocenters. The molecule has 0 saturated heterocycles. The molecular weight excluding hydrogens is 226 g/mol. The maximum absolute atomic E-state index is 12.0. The van der Waals surface area contributed by atoms with Crippen LogP contribution < -0.4 is 0 Å². The average molecular weight is 235 g/mol. The van der Waals surface area contributed by atoms with Gasteiger partial charge in [-0.15, -0.1) is 6.42 Å². The summed E-state index contributed by atoms with van der Waals surface area (Å²) < 4.78 is 25.0. The van der Waals surface area contributed by atoms with E-state index in [2.05, 4.69) is 5.92 Å². The molecule has 0 atom stereocenters. The topological polar surface area (TPSA) is 54.5 Å². The van der Waals surface area contributed by atoms with Crippen LogP contribution in [0.1, 0.15) is 10.4 Å². The Balaban J connectivity index is 2.62. The van der Waals surface area contributed by atoms with Crippen LogP contribution in [0.15, 0.2) is 29.2 Å². The molecule has 0 fully saturated rings. The van der Waals surface area contributed by atoms with E-state index in [-0.39, 0.29) is 29.3 Å². The van der Waals surface area contributed by atoms with E-state index < -0.39 is 10.0 Å². The van der Waals surface area contributed by atoms with Crippen LogP contribution >= 0.6 is 0 Å². The molecular formula is C11H9NO3S. The van der Waals surface area contributed by atoms with Gasteiger partial charge in [0.05, 0.1) is 18.0 Å². The molecule has 2 rings (SSSR count). The number of benzene rings is 1. The lowest BCUT2D eigenvalue weighted by Gasteiger charge is -2.25. The molecule has 0 amide bonds. The highest BCUT2D eigenvalue weighted by Gasteiger charge is 2.34. The first-order valence-corrected chi connectivity index (χ1v) is 6.07. The fourth-order valence-corrected chi connectivity index (χ4v) is 3.15. The van der Waals surface area contributed by atoms with E-state index in [0.29, 0.717) is 0 Å². The number of carbonyl (C=O) groups excluding carboxylic acids is 1. The van der Waals surface area contributed by atoms with Crippen LogP contribution in [0.3, 0.4) is 0 Å². The smallest absolute Gasteiger partial charge is 0.245 e. The highest BCUT2D eigenvalue weighted by molar-refractivity contribution is 7.89. The molecule has 0 bridgehead atoms. The van der Waals surface area contributed by atoms with Gasteiger partial charge in [-0.1, -0.05) is 18.1 Å². The monoisotopic (exact) mass is 235 g/mol. The molecule has 1 aliphatic rings. The third-order valence-corrected chi connectivity index (χ3v) is 4.24. The van der Waals surface area contributed by atoms with Crippen molar-refractivity contribution in [3.63, 3.8) is 0 Å². The van der Waals surface area contributed by atoms with Crippen LogP contribution in [0.25, 0.3) is 0 Å². The molecule has 16 heavy (non-hydrogen) atoms. The van der Waals surface area contributed by atoms with Crippen molar-refractivity contribution in [3.8, 4) is 12.3 Å². The van der Waals surface area contributed by atoms with Crippen LogP contribution in [-0.2, 0) is 10.0 Å². The van der Waals surface area contributed by atoms with Crippen molar-refractivity contribution in [1.29, 1.82) is 0 Å². The first kappa shape index (κ1) is 10.9. The van der Waals surface area contributed by atoms with Gasteiger partial charge in [0.1, 0.15) is 0 Å². The van der Waals surface area contributed by atoms with Crippen molar-refractivity contribution < 1.29 is 13.2 Å². The van der Waals surface area contributed by atoms with Crippen molar-refractivity contribution in [2.24, 2.45) is 0 Å². The molecule has 1 aliphatic heterocycles. The Kier molecular flexibility index (Phi) is 2.54. The Labute approximate surface area is 93.9 Å². The molecule has 4 nitrogen and oxygen atoms in total. The lowest BCUT2D eigenvalue weighted by Crippen LogP contribution is -2.41. The van der Waals surface area contributed by atoms with E-state index in [0.717, 1.165) is 4.31 Å². The van der Waals surface area contributed by atoms with Gasteiger partial charge < -0.3 is 0 Å². The number of hydrogen-bond donors (Lipinski definition) is 0. The number of terminal acetylenes is 1. The number of ketones is 1. The first-order chi connectivity index (χ1) is 7.57. The SMILES string of the molecule is C#CCN1CC(=O)c2ccccc2S1(=O)=O. The number of fused-ring (bicyclic) bond motifs is 1. The highest BCUT2D eigenvalue weighted by Crippen LogP contribution is 2.25. The molecule has 5 heteroatoms. The van der Waals surface area contributed by atoms with Gasteiger partial charge in [-0.25, -0.2) is 8.42 Å². The maximum atomic E-state index is 12.0. The number of carbonyl (C=O) groups is 1. The number of nitrogens with zero attached hydrogens (tertiary/aromatic N) is 1. The van der Waals surface area contributed by atoms with E-state index in [1.807, 2.05) is 0 Å². The molecule has 1 aromatic rings. The Morgan fingerprint density at radius 3 is 2.75 bits per heavy atom. The van der Waals surface area contributed by atoms with Crippen molar-refractivity contribution in [3.05, 3.63) is 29.8 Å². The minimum atomic E-state index is -3.61. The van der Waals surface area contributed by atoms with Crippen LogP contribution in [0.2, 0.25) is 0 Å². The van der Waals surface area contributed by atoms with Gasteiger partial charge in [0, 0.05) is 5.56 Å². The zero-order valence-electron chi connectivity index (χ0n) is 8.38. The lowest BCUT2D eigenvalue weighted by atomic mass is 10.1. The Bertz CT molecular complexity index is 583. The summed E-state index contributed by atoms with van der Waals surface area (Å²) in [5.74, 6) is 2.02. The van der Waals surface area contributed by atoms with E-state index in [9.17, 15) is 13.2 Å². The molecule has 0 saturated carbocycles. The van der Waals surface area contributed by atoms with Gasteiger partial charge in [-0.2, -0.15) is 4.31 Å². The summed E-state index contributed by atoms with van der Waals surface area (Å²) in [6, 6.07) is 6.17. The van der Waals surface area contributed by atoms with E-state index >= 15 is 0 Å². The molecule has 0 aromatic heterocycles. The third-order valence-electron chi connectivity index (χ3n) is 2.39. The number of Topliss-reactive ketones (excluding diaryl/α,β-unsaturated/α-hetero) is 1. The minimum Gasteiger partial charge on any atom is -0.293 e. The van der Waals surface area contributed by atoms with Crippen molar-refractivity contribution in [2.45, 2.75) is 4.90 Å². The predicted octanol–water partition coefficient (Wildman–Crippen LogP) is 0.507. The van der Waals surface area contributed by atoms with Gasteiger partial charge >= 0.3 is 0 Å². The van der Waals surface area contributed by atoms with Crippen molar-refractivity contribution in [1.82, 2.24) is 4.31 Å². The Morgan fingerprint density at radius 1 is 1.38 bits per heavy atom. The van der Waals surface area contributed by atoms with E-state index in [1.54, 1.807) is 12.1 Å². The second-order valence-corrected chi connectivity index (χ2v) is 5.30. The summed E-state index contributed by atoms with van der Waals surface area (Å²) in [4.78, 5) is 11.7. The molecule has 0 N–H and O–H groups in total. The predicted molar refractivity (Wildman–Crippen MR) is 58.4 cm³/mol. The number of hydrogen-bond acceptors (Lipinski definition) is 3. The van der Waals surface area contributed by atoms with Gasteiger partial charge in [0.15, 0.2) is 5.78 Å². The van der Waals surface area contributed by atoms with Gasteiger partial charge in [0.25, 0.3) is 0 Å². The minimum absolute atomic E-state index is 0.0431. The van der Waals surface area contributed by atoms with Crippen LogP contribution in [0.4, 0.5) is 0 Å². The van der Waals surface area contributed by atoms with E-state index in [1.165, 1.54) is 12.1 Å². The van der Waals surface area contributed by atoms with Crippen molar-refractivity contribution in [2.75, 3.05) is 13.1 Å². The standard InChI is InChI=1S/C11H9NO3S/c1-2-7-12-8-10(13)9-5-3-4-6-11(9)16(12,14)15/h1,3-6H,7-8H2. The summed E-state index contributed by atoms with van der Waals surface area (Å²) in [5, 5.41) is 0.